The van der Waals surface area contributed by atoms with Gasteiger partial charge in [0.1, 0.15) is 0 Å². The van der Waals surface area contributed by atoms with Crippen molar-refractivity contribution in [3.05, 3.63) is 29.8 Å². The number of nitrogens with one attached hydrogen (secondary N) is 1. The van der Waals surface area contributed by atoms with Gasteiger partial charge in [0, 0.05) is 18.7 Å². The molecule has 3 N–H and O–H groups in total. The van der Waals surface area contributed by atoms with Crippen LogP contribution in [0.3, 0.4) is 0 Å². The number of nitrogen functional groups attached to an aromatic ring is 1. The quantitative estimate of drug-likeness (QED) is 0.781. The van der Waals surface area contributed by atoms with Crippen LogP contribution in [-0.2, 0) is 4.79 Å². The van der Waals surface area contributed by atoms with Gasteiger partial charge in [0.25, 0.3) is 0 Å². The molecule has 1 unspecified atom stereocenters. The van der Waals surface area contributed by atoms with E-state index >= 15 is 0 Å². The third kappa shape index (κ3) is 4.87. The van der Waals surface area contributed by atoms with Gasteiger partial charge in [-0.05, 0) is 34.9 Å². The van der Waals surface area contributed by atoms with Crippen LogP contribution in [0.15, 0.2) is 24.3 Å². The Morgan fingerprint density at radius 3 is 2.25 bits per heavy atom. The monoisotopic (exact) mass is 276 g/mol. The van der Waals surface area contributed by atoms with E-state index in [1.165, 1.54) is 0 Å². The molecule has 0 fully saturated rings. The van der Waals surface area contributed by atoms with Crippen molar-refractivity contribution in [2.75, 3.05) is 12.3 Å². The molecule has 1 atom stereocenters. The number of nitrogens with two attached hydrogens (primary N) is 1. The molecular weight excluding hydrogens is 248 g/mol. The number of amides is 1. The van der Waals surface area contributed by atoms with E-state index in [4.69, 9.17) is 5.73 Å². The number of carbonyl (C=O) groups excluding carboxylic acids is 1. The first-order chi connectivity index (χ1) is 9.22. The lowest BCUT2D eigenvalue weighted by molar-refractivity contribution is -0.122. The zero-order chi connectivity index (χ0) is 15.3. The van der Waals surface area contributed by atoms with Crippen molar-refractivity contribution >= 4 is 11.6 Å². The summed E-state index contributed by atoms with van der Waals surface area (Å²) in [5, 5.41) is 3.05. The smallest absolute Gasteiger partial charge is 0.220 e. The molecule has 112 valence electrons. The first kappa shape index (κ1) is 16.5. The zero-order valence-electron chi connectivity index (χ0n) is 13.4. The van der Waals surface area contributed by atoms with Gasteiger partial charge in [-0.15, -0.1) is 0 Å². The summed E-state index contributed by atoms with van der Waals surface area (Å²) in [7, 11) is 0. The Hall–Kier alpha value is -1.51. The van der Waals surface area contributed by atoms with E-state index in [0.29, 0.717) is 12.3 Å². The SMILES string of the molecule is CC(CC(=O)NCC(C)(C)C(C)C)c1ccc(N)cc1. The molecular formula is C17H28N2O. The van der Waals surface area contributed by atoms with Gasteiger partial charge in [-0.1, -0.05) is 46.8 Å². The normalized spacial score (nSPS) is 13.3. The average molecular weight is 276 g/mol. The maximum atomic E-state index is 12.0. The largest absolute Gasteiger partial charge is 0.399 e. The predicted molar refractivity (Wildman–Crippen MR) is 85.5 cm³/mol. The molecule has 0 aliphatic heterocycles. The maximum Gasteiger partial charge on any atom is 0.220 e. The average Bonchev–Trinajstić information content (AvgIpc) is 2.37. The molecule has 1 aromatic carbocycles. The molecule has 1 amide bonds. The number of benzene rings is 1. The second-order valence-electron chi connectivity index (χ2n) is 6.69. The third-order valence-electron chi connectivity index (χ3n) is 4.30. The lowest BCUT2D eigenvalue weighted by Gasteiger charge is -2.29. The lowest BCUT2D eigenvalue weighted by Crippen LogP contribution is -2.37. The fraction of sp³-hybridized carbons (Fsp3) is 0.588. The molecule has 0 saturated carbocycles. The first-order valence-electron chi connectivity index (χ1n) is 7.34. The number of carbonyl (C=O) groups is 1. The zero-order valence-corrected chi connectivity index (χ0v) is 13.4. The van der Waals surface area contributed by atoms with Crippen LogP contribution < -0.4 is 11.1 Å². The number of hydrogen-bond donors (Lipinski definition) is 2. The number of rotatable bonds is 6. The fourth-order valence-corrected chi connectivity index (χ4v) is 1.82. The molecule has 1 aromatic rings. The fourth-order valence-electron chi connectivity index (χ4n) is 1.82. The summed E-state index contributed by atoms with van der Waals surface area (Å²) in [5.74, 6) is 0.859. The number of hydrogen-bond acceptors (Lipinski definition) is 2. The topological polar surface area (TPSA) is 55.1 Å². The van der Waals surface area contributed by atoms with Crippen LogP contribution in [0.1, 0.15) is 52.5 Å². The van der Waals surface area contributed by atoms with Gasteiger partial charge in [0.2, 0.25) is 5.91 Å². The minimum absolute atomic E-state index is 0.114. The van der Waals surface area contributed by atoms with Crippen LogP contribution in [0.25, 0.3) is 0 Å². The van der Waals surface area contributed by atoms with E-state index in [9.17, 15) is 4.79 Å². The summed E-state index contributed by atoms with van der Waals surface area (Å²) in [6.45, 7) is 11.5. The van der Waals surface area contributed by atoms with Crippen molar-refractivity contribution < 1.29 is 4.79 Å². The van der Waals surface area contributed by atoms with Crippen LogP contribution in [0, 0.1) is 11.3 Å². The molecule has 0 radical (unpaired) electrons. The first-order valence-corrected chi connectivity index (χ1v) is 7.34. The Labute approximate surface area is 122 Å². The molecule has 0 aromatic heterocycles. The van der Waals surface area contributed by atoms with Gasteiger partial charge in [-0.25, -0.2) is 0 Å². The Morgan fingerprint density at radius 2 is 1.75 bits per heavy atom. The molecule has 1 rings (SSSR count). The van der Waals surface area contributed by atoms with E-state index in [0.717, 1.165) is 17.8 Å². The lowest BCUT2D eigenvalue weighted by atomic mass is 9.81. The van der Waals surface area contributed by atoms with E-state index in [1.54, 1.807) is 0 Å². The van der Waals surface area contributed by atoms with Gasteiger partial charge in [0.05, 0.1) is 0 Å². The van der Waals surface area contributed by atoms with Crippen molar-refractivity contribution in [2.24, 2.45) is 11.3 Å². The van der Waals surface area contributed by atoms with E-state index in [-0.39, 0.29) is 17.2 Å². The van der Waals surface area contributed by atoms with Crippen LogP contribution >= 0.6 is 0 Å². The van der Waals surface area contributed by atoms with Gasteiger partial charge in [-0.2, -0.15) is 0 Å². The summed E-state index contributed by atoms with van der Waals surface area (Å²) in [5.41, 5.74) is 7.70. The molecule has 0 bridgehead atoms. The second-order valence-corrected chi connectivity index (χ2v) is 6.69. The maximum absolute atomic E-state index is 12.0. The molecule has 3 nitrogen and oxygen atoms in total. The predicted octanol–water partition coefficient (Wildman–Crippen LogP) is 3.56. The van der Waals surface area contributed by atoms with Gasteiger partial charge < -0.3 is 11.1 Å². The van der Waals surface area contributed by atoms with Crippen LogP contribution in [-0.4, -0.2) is 12.5 Å². The molecule has 0 spiro atoms. The minimum atomic E-state index is 0.114. The molecule has 0 heterocycles. The van der Waals surface area contributed by atoms with E-state index < -0.39 is 0 Å². The number of anilines is 1. The Morgan fingerprint density at radius 1 is 1.20 bits per heavy atom. The molecule has 0 saturated heterocycles. The Balaban J connectivity index is 2.48. The summed E-state index contributed by atoms with van der Waals surface area (Å²) in [6.07, 6.45) is 0.512. The van der Waals surface area contributed by atoms with E-state index in [2.05, 4.69) is 39.9 Å². The standard InChI is InChI=1S/C17H28N2O/c1-12(2)17(4,5)11-19-16(20)10-13(3)14-6-8-15(18)9-7-14/h6-9,12-13H,10-11,18H2,1-5H3,(H,19,20). The van der Waals surface area contributed by atoms with Crippen LogP contribution in [0.5, 0.6) is 0 Å². The van der Waals surface area contributed by atoms with Crippen LogP contribution in [0.2, 0.25) is 0 Å². The molecule has 20 heavy (non-hydrogen) atoms. The van der Waals surface area contributed by atoms with Crippen molar-refractivity contribution in [1.29, 1.82) is 0 Å². The summed E-state index contributed by atoms with van der Waals surface area (Å²) in [6, 6.07) is 7.74. The van der Waals surface area contributed by atoms with Gasteiger partial charge in [-0.3, -0.25) is 4.79 Å². The Kier molecular flexibility index (Phi) is 5.61. The summed E-state index contributed by atoms with van der Waals surface area (Å²) in [4.78, 5) is 12.0. The van der Waals surface area contributed by atoms with Crippen molar-refractivity contribution in [3.63, 3.8) is 0 Å². The van der Waals surface area contributed by atoms with Gasteiger partial charge >= 0.3 is 0 Å². The van der Waals surface area contributed by atoms with E-state index in [1.807, 2.05) is 24.3 Å². The van der Waals surface area contributed by atoms with Crippen molar-refractivity contribution in [2.45, 2.75) is 47.0 Å². The van der Waals surface area contributed by atoms with Crippen molar-refractivity contribution in [3.8, 4) is 0 Å². The summed E-state index contributed by atoms with van der Waals surface area (Å²) >= 11 is 0. The Bertz CT molecular complexity index is 435. The highest BCUT2D eigenvalue weighted by atomic mass is 16.1. The molecule has 0 aliphatic carbocycles. The molecule has 0 aliphatic rings. The highest BCUT2D eigenvalue weighted by molar-refractivity contribution is 5.76. The molecule has 3 heteroatoms. The van der Waals surface area contributed by atoms with Gasteiger partial charge in [0.15, 0.2) is 0 Å². The highest BCUT2D eigenvalue weighted by Crippen LogP contribution is 2.25. The highest BCUT2D eigenvalue weighted by Gasteiger charge is 2.23. The van der Waals surface area contributed by atoms with Crippen LogP contribution in [0.4, 0.5) is 5.69 Å². The minimum Gasteiger partial charge on any atom is -0.399 e. The third-order valence-corrected chi connectivity index (χ3v) is 4.30. The van der Waals surface area contributed by atoms with Crippen molar-refractivity contribution in [1.82, 2.24) is 5.32 Å². The second kappa shape index (κ2) is 6.78. The summed E-state index contributed by atoms with van der Waals surface area (Å²) < 4.78 is 0.